The topological polar surface area (TPSA) is 124 Å². The predicted molar refractivity (Wildman–Crippen MR) is 104 cm³/mol. The van der Waals surface area contributed by atoms with Crippen molar-refractivity contribution in [1.82, 2.24) is 0 Å². The van der Waals surface area contributed by atoms with E-state index in [-0.39, 0.29) is 29.2 Å². The smallest absolute Gasteiger partial charge is 0.334 e. The average Bonchev–Trinajstić information content (AvgIpc) is 2.64. The number of hydrogen-bond donors (Lipinski definition) is 1. The van der Waals surface area contributed by atoms with Crippen molar-refractivity contribution >= 4 is 26.2 Å². The van der Waals surface area contributed by atoms with Crippen LogP contribution in [0.1, 0.15) is 24.0 Å². The van der Waals surface area contributed by atoms with Gasteiger partial charge in [0.2, 0.25) is 0 Å². The van der Waals surface area contributed by atoms with Crippen LogP contribution in [0.4, 0.5) is 0 Å². The maximum Gasteiger partial charge on any atom is 0.334 e. The van der Waals surface area contributed by atoms with Gasteiger partial charge in [-0.15, -0.1) is 0 Å². The number of aliphatic carboxylic acids is 1. The second kappa shape index (κ2) is 9.49. The molecule has 158 valence electrons. The number of carbonyl (C=O) groups is 1. The highest BCUT2D eigenvalue weighted by Gasteiger charge is 2.27. The van der Waals surface area contributed by atoms with Gasteiger partial charge in [0, 0.05) is 0 Å². The van der Waals surface area contributed by atoms with Crippen LogP contribution in [0.25, 0.3) is 0 Å². The SMILES string of the molecule is Cc1ccc(S(=O)(=O)OCCCC(OS(=O)(=O)c2ccc(C)cc2)C(=O)O)cc1. The maximum atomic E-state index is 12.3. The number of hydrogen-bond acceptors (Lipinski definition) is 7. The van der Waals surface area contributed by atoms with E-state index in [1.807, 2.05) is 6.92 Å². The van der Waals surface area contributed by atoms with Crippen molar-refractivity contribution in [1.29, 1.82) is 0 Å². The molecule has 2 rings (SSSR count). The molecule has 8 nitrogen and oxygen atoms in total. The summed E-state index contributed by atoms with van der Waals surface area (Å²) >= 11 is 0. The zero-order chi connectivity index (χ0) is 21.7. The van der Waals surface area contributed by atoms with Crippen molar-refractivity contribution in [3.05, 3.63) is 59.7 Å². The fourth-order valence-corrected chi connectivity index (χ4v) is 4.34. The third-order valence-electron chi connectivity index (χ3n) is 3.99. The lowest BCUT2D eigenvalue weighted by Crippen LogP contribution is -2.27. The first-order valence-corrected chi connectivity index (χ1v) is 11.5. The molecule has 0 bridgehead atoms. The lowest BCUT2D eigenvalue weighted by molar-refractivity contribution is -0.145. The van der Waals surface area contributed by atoms with Gasteiger partial charge in [-0.1, -0.05) is 35.4 Å². The largest absolute Gasteiger partial charge is 0.479 e. The summed E-state index contributed by atoms with van der Waals surface area (Å²) in [4.78, 5) is 11.2. The third kappa shape index (κ3) is 6.64. The van der Waals surface area contributed by atoms with Crippen LogP contribution in [0.3, 0.4) is 0 Å². The van der Waals surface area contributed by atoms with Gasteiger partial charge in [-0.3, -0.25) is 8.37 Å². The lowest BCUT2D eigenvalue weighted by Gasteiger charge is -2.14. The van der Waals surface area contributed by atoms with E-state index in [0.29, 0.717) is 0 Å². The molecule has 0 saturated heterocycles. The van der Waals surface area contributed by atoms with E-state index in [1.165, 1.54) is 24.3 Å². The first-order valence-electron chi connectivity index (χ1n) is 8.70. The van der Waals surface area contributed by atoms with E-state index in [4.69, 9.17) is 8.37 Å². The second-order valence-corrected chi connectivity index (χ2v) is 9.61. The molecule has 0 aliphatic rings. The molecule has 0 saturated carbocycles. The van der Waals surface area contributed by atoms with Crippen molar-refractivity contribution in [2.45, 2.75) is 42.6 Å². The van der Waals surface area contributed by atoms with Crippen LogP contribution in [-0.4, -0.2) is 40.6 Å². The van der Waals surface area contributed by atoms with Crippen LogP contribution >= 0.6 is 0 Å². The predicted octanol–water partition coefficient (Wildman–Crippen LogP) is 2.65. The van der Waals surface area contributed by atoms with E-state index in [9.17, 15) is 26.7 Å². The summed E-state index contributed by atoms with van der Waals surface area (Å²) < 4.78 is 58.4. The fourth-order valence-electron chi connectivity index (χ4n) is 2.34. The Labute approximate surface area is 170 Å². The fraction of sp³-hybridized carbons (Fsp3) is 0.316. The minimum absolute atomic E-state index is 0.0175. The molecular formula is C19H22O8S2. The minimum Gasteiger partial charge on any atom is -0.479 e. The number of rotatable bonds is 10. The summed E-state index contributed by atoms with van der Waals surface area (Å²) in [5.74, 6) is -1.47. The molecule has 0 fully saturated rings. The average molecular weight is 443 g/mol. The van der Waals surface area contributed by atoms with E-state index in [0.717, 1.165) is 11.1 Å². The number of carboxylic acids is 1. The highest BCUT2D eigenvalue weighted by atomic mass is 32.2. The van der Waals surface area contributed by atoms with Crippen molar-refractivity contribution in [2.24, 2.45) is 0 Å². The molecule has 0 spiro atoms. The molecule has 1 unspecified atom stereocenters. The van der Waals surface area contributed by atoms with Gasteiger partial charge in [0.05, 0.1) is 16.4 Å². The molecule has 0 heterocycles. The zero-order valence-electron chi connectivity index (χ0n) is 15.9. The van der Waals surface area contributed by atoms with Gasteiger partial charge >= 0.3 is 5.97 Å². The zero-order valence-corrected chi connectivity index (χ0v) is 17.6. The molecule has 2 aromatic carbocycles. The normalized spacial score (nSPS) is 13.2. The first-order chi connectivity index (χ1) is 13.5. The molecule has 29 heavy (non-hydrogen) atoms. The summed E-state index contributed by atoms with van der Waals surface area (Å²) in [6, 6.07) is 11.8. The number of carboxylic acid groups (broad SMARTS) is 1. The summed E-state index contributed by atoms with van der Waals surface area (Å²) in [6.07, 6.45) is -1.94. The number of aryl methyl sites for hydroxylation is 2. The van der Waals surface area contributed by atoms with Crippen molar-refractivity contribution in [3.63, 3.8) is 0 Å². The van der Waals surface area contributed by atoms with E-state index in [2.05, 4.69) is 0 Å². The molecule has 0 radical (unpaired) electrons. The monoisotopic (exact) mass is 442 g/mol. The van der Waals surface area contributed by atoms with Gasteiger partial charge < -0.3 is 5.11 Å². The van der Waals surface area contributed by atoms with Crippen LogP contribution in [-0.2, 0) is 33.4 Å². The summed E-state index contributed by atoms with van der Waals surface area (Å²) in [6.45, 7) is 3.28. The number of benzene rings is 2. The third-order valence-corrected chi connectivity index (χ3v) is 6.65. The van der Waals surface area contributed by atoms with Gasteiger partial charge in [0.1, 0.15) is 0 Å². The maximum absolute atomic E-state index is 12.3. The molecule has 0 aromatic heterocycles. The van der Waals surface area contributed by atoms with Crippen LogP contribution < -0.4 is 0 Å². The first kappa shape index (κ1) is 23.0. The summed E-state index contributed by atoms with van der Waals surface area (Å²) in [5, 5.41) is 9.24. The van der Waals surface area contributed by atoms with Gasteiger partial charge in [-0.25, -0.2) is 4.79 Å². The molecular weight excluding hydrogens is 420 g/mol. The Bertz CT molecular complexity index is 1040. The Balaban J connectivity index is 1.95. The molecule has 0 aliphatic carbocycles. The van der Waals surface area contributed by atoms with Crippen LogP contribution in [0.15, 0.2) is 58.3 Å². The molecule has 0 aliphatic heterocycles. The van der Waals surface area contributed by atoms with Gasteiger partial charge in [-0.05, 0) is 51.0 Å². The van der Waals surface area contributed by atoms with Crippen molar-refractivity contribution in [2.75, 3.05) is 6.61 Å². The standard InChI is InChI=1S/C19H22O8S2/c1-14-5-9-16(10-6-14)28(22,23)26-13-3-4-18(19(20)21)27-29(24,25)17-11-7-15(2)8-12-17/h5-12,18H,3-4,13H2,1-2H3,(H,20,21). The van der Waals surface area contributed by atoms with E-state index in [1.54, 1.807) is 31.2 Å². The minimum atomic E-state index is -4.27. The molecule has 0 amide bonds. The van der Waals surface area contributed by atoms with Gasteiger partial charge in [0.15, 0.2) is 6.10 Å². The van der Waals surface area contributed by atoms with Crippen LogP contribution in [0.5, 0.6) is 0 Å². The van der Waals surface area contributed by atoms with Crippen molar-refractivity contribution in [3.8, 4) is 0 Å². The highest BCUT2D eigenvalue weighted by Crippen LogP contribution is 2.18. The highest BCUT2D eigenvalue weighted by molar-refractivity contribution is 7.87. The summed E-state index contributed by atoms with van der Waals surface area (Å²) in [7, 11) is -8.26. The Hall–Kier alpha value is -2.27. The summed E-state index contributed by atoms with van der Waals surface area (Å²) in [5.41, 5.74) is 1.73. The van der Waals surface area contributed by atoms with Gasteiger partial charge in [-0.2, -0.15) is 16.8 Å². The van der Waals surface area contributed by atoms with E-state index >= 15 is 0 Å². The molecule has 1 atom stereocenters. The Morgan fingerprint density at radius 2 is 1.31 bits per heavy atom. The second-order valence-electron chi connectivity index (χ2n) is 6.42. The molecule has 10 heteroatoms. The van der Waals surface area contributed by atoms with Gasteiger partial charge in [0.25, 0.3) is 20.2 Å². The Morgan fingerprint density at radius 1 is 0.862 bits per heavy atom. The van der Waals surface area contributed by atoms with Crippen LogP contribution in [0, 0.1) is 13.8 Å². The molecule has 1 N–H and O–H groups in total. The van der Waals surface area contributed by atoms with Crippen molar-refractivity contribution < 1.29 is 35.1 Å². The van der Waals surface area contributed by atoms with E-state index < -0.39 is 32.3 Å². The molecule has 2 aromatic rings. The quantitative estimate of drug-likeness (QED) is 0.440. The van der Waals surface area contributed by atoms with Crippen LogP contribution in [0.2, 0.25) is 0 Å². The Morgan fingerprint density at radius 3 is 1.76 bits per heavy atom. The Kier molecular flexibility index (Phi) is 7.53. The lowest BCUT2D eigenvalue weighted by atomic mass is 10.2.